The summed E-state index contributed by atoms with van der Waals surface area (Å²) in [4.78, 5) is 36.1. The third-order valence-corrected chi connectivity index (χ3v) is 5.22. The number of benzene rings is 3. The molecule has 0 fully saturated rings. The van der Waals surface area contributed by atoms with Crippen LogP contribution in [0, 0.1) is 0 Å². The van der Waals surface area contributed by atoms with E-state index in [1.165, 1.54) is 0 Å². The third kappa shape index (κ3) is 6.89. The molecule has 186 valence electrons. The van der Waals surface area contributed by atoms with E-state index in [2.05, 4.69) is 10.6 Å². The monoisotopic (exact) mass is 491 g/mol. The fourth-order valence-electron chi connectivity index (χ4n) is 3.52. The molecule has 0 bridgehead atoms. The number of fused-ring (bicyclic) bond motifs is 1. The Kier molecular flexibility index (Phi) is 7.87. The molecule has 0 aromatic heterocycles. The Morgan fingerprint density at radius 1 is 0.917 bits per heavy atom. The van der Waals surface area contributed by atoms with Crippen LogP contribution in [0.25, 0.3) is 0 Å². The number of ether oxygens (including phenoxy) is 4. The highest BCUT2D eigenvalue weighted by atomic mass is 16.7. The van der Waals surface area contributed by atoms with Gasteiger partial charge in [-0.25, -0.2) is 4.79 Å². The summed E-state index contributed by atoms with van der Waals surface area (Å²) >= 11 is 0. The van der Waals surface area contributed by atoms with Gasteiger partial charge in [0.05, 0.1) is 12.5 Å². The first-order valence-corrected chi connectivity index (χ1v) is 11.2. The summed E-state index contributed by atoms with van der Waals surface area (Å²) in [7, 11) is 0. The summed E-state index contributed by atoms with van der Waals surface area (Å²) < 4.78 is 21.5. The van der Waals surface area contributed by atoms with Gasteiger partial charge in [-0.3, -0.25) is 9.59 Å². The van der Waals surface area contributed by atoms with E-state index in [-0.39, 0.29) is 19.8 Å². The van der Waals surface area contributed by atoms with E-state index in [1.54, 1.807) is 54.6 Å². The molecule has 0 aliphatic carbocycles. The zero-order chi connectivity index (χ0) is 25.3. The summed E-state index contributed by atoms with van der Waals surface area (Å²) in [5, 5.41) is 5.21. The van der Waals surface area contributed by atoms with Crippen LogP contribution in [0.4, 0.5) is 4.79 Å². The molecule has 1 unspecified atom stereocenters. The molecule has 4 rings (SSSR count). The van der Waals surface area contributed by atoms with Crippen LogP contribution in [0.2, 0.25) is 0 Å². The van der Waals surface area contributed by atoms with Crippen LogP contribution in [-0.4, -0.2) is 31.3 Å². The molecule has 3 aromatic rings. The van der Waals surface area contributed by atoms with Crippen molar-refractivity contribution in [1.82, 2.24) is 10.6 Å². The zero-order valence-corrected chi connectivity index (χ0v) is 19.3. The molecule has 1 aliphatic rings. The minimum absolute atomic E-state index is 0.164. The average molecular weight is 492 g/mol. The first kappa shape index (κ1) is 24.4. The number of rotatable bonds is 10. The normalized spacial score (nSPS) is 12.3. The fraction of sp³-hybridized carbons (Fsp3) is 0.192. The lowest BCUT2D eigenvalue weighted by Crippen LogP contribution is -2.35. The lowest BCUT2D eigenvalue weighted by atomic mass is 10.0. The van der Waals surface area contributed by atoms with Gasteiger partial charge in [-0.05, 0) is 47.5 Å². The molecule has 0 saturated carbocycles. The molecule has 3 aromatic carbocycles. The van der Waals surface area contributed by atoms with Crippen molar-refractivity contribution in [2.24, 2.45) is 5.73 Å². The number of hydrogen-bond donors (Lipinski definition) is 3. The predicted octanol–water partition coefficient (Wildman–Crippen LogP) is 3.17. The van der Waals surface area contributed by atoms with Crippen molar-refractivity contribution < 1.29 is 33.3 Å². The number of primary amides is 1. The zero-order valence-electron chi connectivity index (χ0n) is 19.3. The highest BCUT2D eigenvalue weighted by Gasteiger charge is 2.20. The number of amides is 3. The Labute approximate surface area is 207 Å². The Balaban J connectivity index is 1.29. The second-order valence-electron chi connectivity index (χ2n) is 7.88. The maximum absolute atomic E-state index is 12.4. The van der Waals surface area contributed by atoms with Crippen molar-refractivity contribution >= 4 is 17.9 Å². The van der Waals surface area contributed by atoms with Gasteiger partial charge in [-0.15, -0.1) is 0 Å². The molecule has 0 saturated heterocycles. The molecule has 1 heterocycles. The summed E-state index contributed by atoms with van der Waals surface area (Å²) in [6, 6.07) is 19.8. The molecule has 1 aliphatic heterocycles. The summed E-state index contributed by atoms with van der Waals surface area (Å²) in [6.45, 7) is -0.0754. The van der Waals surface area contributed by atoms with Crippen molar-refractivity contribution in [3.8, 4) is 23.0 Å². The van der Waals surface area contributed by atoms with Crippen molar-refractivity contribution in [3.05, 3.63) is 83.9 Å². The lowest BCUT2D eigenvalue weighted by Gasteiger charge is -2.18. The van der Waals surface area contributed by atoms with Gasteiger partial charge in [0.25, 0.3) is 5.91 Å². The number of para-hydroxylation sites is 1. The van der Waals surface area contributed by atoms with Gasteiger partial charge in [0.2, 0.25) is 6.79 Å². The fourth-order valence-corrected chi connectivity index (χ4v) is 3.52. The van der Waals surface area contributed by atoms with E-state index < -0.39 is 30.6 Å². The third-order valence-electron chi connectivity index (χ3n) is 5.22. The summed E-state index contributed by atoms with van der Waals surface area (Å²) in [6.07, 6.45) is -0.229. The molecule has 4 N–H and O–H groups in total. The average Bonchev–Trinajstić information content (AvgIpc) is 3.34. The van der Waals surface area contributed by atoms with Crippen LogP contribution in [0.15, 0.2) is 72.8 Å². The van der Waals surface area contributed by atoms with E-state index in [0.29, 0.717) is 28.6 Å². The van der Waals surface area contributed by atoms with Crippen LogP contribution in [0.3, 0.4) is 0 Å². The summed E-state index contributed by atoms with van der Waals surface area (Å²) in [5.74, 6) is 1.27. The van der Waals surface area contributed by atoms with Crippen molar-refractivity contribution in [1.29, 1.82) is 0 Å². The molecular weight excluding hydrogens is 466 g/mol. The number of carbonyl (C=O) groups excluding carboxylic acids is 3. The molecule has 36 heavy (non-hydrogen) atoms. The smallest absolute Gasteiger partial charge is 0.312 e. The predicted molar refractivity (Wildman–Crippen MR) is 128 cm³/mol. The SMILES string of the molecule is NC(=O)NC(CC(=O)OCC(=O)NCc1ccc2c(c1)OCO2)c1cccc(Oc2ccccc2)c1. The van der Waals surface area contributed by atoms with Crippen LogP contribution >= 0.6 is 0 Å². The standard InChI is InChI=1S/C26H25N3O7/c27-26(32)29-21(18-5-4-8-20(12-18)36-19-6-2-1-3-7-19)13-25(31)33-15-24(30)28-14-17-9-10-22-23(11-17)35-16-34-22/h1-12,21H,13-16H2,(H,28,30)(H3,27,29,32). The number of nitrogens with one attached hydrogen (secondary N) is 2. The van der Waals surface area contributed by atoms with Crippen molar-refractivity contribution in [3.63, 3.8) is 0 Å². The van der Waals surface area contributed by atoms with E-state index in [9.17, 15) is 14.4 Å². The van der Waals surface area contributed by atoms with Crippen LogP contribution < -0.4 is 30.6 Å². The summed E-state index contributed by atoms with van der Waals surface area (Å²) in [5.41, 5.74) is 6.70. The minimum atomic E-state index is -0.802. The van der Waals surface area contributed by atoms with Gasteiger partial charge in [0.15, 0.2) is 18.1 Å². The van der Waals surface area contributed by atoms with Crippen LogP contribution in [0.1, 0.15) is 23.6 Å². The number of urea groups is 1. The van der Waals surface area contributed by atoms with E-state index in [1.807, 2.05) is 18.2 Å². The highest BCUT2D eigenvalue weighted by Crippen LogP contribution is 2.32. The topological polar surface area (TPSA) is 138 Å². The number of hydrogen-bond acceptors (Lipinski definition) is 7. The van der Waals surface area contributed by atoms with E-state index >= 15 is 0 Å². The Hall–Kier alpha value is -4.73. The largest absolute Gasteiger partial charge is 0.457 e. The Bertz CT molecular complexity index is 1230. The Morgan fingerprint density at radius 3 is 2.50 bits per heavy atom. The van der Waals surface area contributed by atoms with Gasteiger partial charge in [-0.1, -0.05) is 36.4 Å². The molecule has 10 heteroatoms. The molecule has 0 radical (unpaired) electrons. The molecule has 1 atom stereocenters. The maximum Gasteiger partial charge on any atom is 0.312 e. The molecule has 0 spiro atoms. The second-order valence-corrected chi connectivity index (χ2v) is 7.88. The number of nitrogens with two attached hydrogens (primary N) is 1. The Morgan fingerprint density at radius 2 is 1.69 bits per heavy atom. The van der Waals surface area contributed by atoms with Gasteiger partial charge in [0.1, 0.15) is 11.5 Å². The highest BCUT2D eigenvalue weighted by molar-refractivity contribution is 5.81. The second kappa shape index (κ2) is 11.6. The van der Waals surface area contributed by atoms with Gasteiger partial charge >= 0.3 is 12.0 Å². The van der Waals surface area contributed by atoms with Crippen LogP contribution in [-0.2, 0) is 20.9 Å². The van der Waals surface area contributed by atoms with Gasteiger partial charge in [0, 0.05) is 6.54 Å². The minimum Gasteiger partial charge on any atom is -0.457 e. The van der Waals surface area contributed by atoms with Gasteiger partial charge in [-0.2, -0.15) is 0 Å². The first-order chi connectivity index (χ1) is 17.5. The lowest BCUT2D eigenvalue weighted by molar-refractivity contribution is -0.149. The van der Waals surface area contributed by atoms with E-state index in [0.717, 1.165) is 5.56 Å². The molecule has 3 amide bonds. The van der Waals surface area contributed by atoms with E-state index in [4.69, 9.17) is 24.7 Å². The number of esters is 1. The maximum atomic E-state index is 12.4. The number of carbonyl (C=O) groups is 3. The molecular formula is C26H25N3O7. The van der Waals surface area contributed by atoms with Crippen molar-refractivity contribution in [2.45, 2.75) is 19.0 Å². The van der Waals surface area contributed by atoms with Gasteiger partial charge < -0.3 is 35.3 Å². The van der Waals surface area contributed by atoms with Crippen molar-refractivity contribution in [2.75, 3.05) is 13.4 Å². The first-order valence-electron chi connectivity index (χ1n) is 11.2. The quantitative estimate of drug-likeness (QED) is 0.370. The van der Waals surface area contributed by atoms with Crippen LogP contribution in [0.5, 0.6) is 23.0 Å². The molecule has 10 nitrogen and oxygen atoms in total.